The fourth-order valence-corrected chi connectivity index (χ4v) is 1.95. The van der Waals surface area contributed by atoms with E-state index in [2.05, 4.69) is 10.1 Å². The van der Waals surface area contributed by atoms with E-state index in [1.807, 2.05) is 13.8 Å². The molecule has 1 heterocycles. The summed E-state index contributed by atoms with van der Waals surface area (Å²) in [5.74, 6) is 1.06. The Labute approximate surface area is 116 Å². The first kappa shape index (κ1) is 13.5. The number of halogens is 1. The molecule has 0 saturated heterocycles. The lowest BCUT2D eigenvalue weighted by molar-refractivity contribution is 0.111. The highest BCUT2D eigenvalue weighted by molar-refractivity contribution is 6.32. The van der Waals surface area contributed by atoms with Crippen LogP contribution in [0.25, 0.3) is 0 Å². The lowest BCUT2D eigenvalue weighted by atomic mass is 10.2. The smallest absolute Gasteiger partial charge is 0.165 e. The fourth-order valence-electron chi connectivity index (χ4n) is 1.72. The van der Waals surface area contributed by atoms with Gasteiger partial charge in [-0.05, 0) is 26.0 Å². The van der Waals surface area contributed by atoms with E-state index < -0.39 is 0 Å². The number of para-hydroxylation sites is 1. The van der Waals surface area contributed by atoms with Crippen LogP contribution in [0.4, 0.5) is 0 Å². The van der Waals surface area contributed by atoms with Crippen molar-refractivity contribution in [3.05, 3.63) is 40.9 Å². The summed E-state index contributed by atoms with van der Waals surface area (Å²) in [5, 5.41) is 4.52. The van der Waals surface area contributed by atoms with E-state index >= 15 is 0 Å². The topological polar surface area (TPSA) is 57.0 Å². The summed E-state index contributed by atoms with van der Waals surface area (Å²) in [6.07, 6.45) is 2.19. The summed E-state index contributed by atoms with van der Waals surface area (Å²) >= 11 is 6.02. The number of aldehydes is 1. The van der Waals surface area contributed by atoms with Crippen LogP contribution in [0.15, 0.2) is 24.5 Å². The van der Waals surface area contributed by atoms with E-state index in [0.717, 1.165) is 0 Å². The molecule has 2 aromatic rings. The fraction of sp³-hybridized carbons (Fsp3) is 0.308. The molecule has 0 fully saturated rings. The first-order valence-corrected chi connectivity index (χ1v) is 6.26. The quantitative estimate of drug-likeness (QED) is 0.790. The van der Waals surface area contributed by atoms with Crippen LogP contribution in [0.1, 0.15) is 36.1 Å². The van der Waals surface area contributed by atoms with Crippen LogP contribution in [-0.4, -0.2) is 21.1 Å². The zero-order valence-electron chi connectivity index (χ0n) is 10.7. The van der Waals surface area contributed by atoms with Crippen molar-refractivity contribution in [2.75, 3.05) is 0 Å². The first-order valence-electron chi connectivity index (χ1n) is 5.88. The van der Waals surface area contributed by atoms with Crippen molar-refractivity contribution in [2.24, 2.45) is 0 Å². The second kappa shape index (κ2) is 5.84. The second-order valence-corrected chi connectivity index (χ2v) is 4.69. The molecular formula is C13H14ClN3O2. The summed E-state index contributed by atoms with van der Waals surface area (Å²) in [6, 6.07) is 5.23. The van der Waals surface area contributed by atoms with Gasteiger partial charge in [0.05, 0.1) is 10.6 Å². The molecule has 100 valence electrons. The summed E-state index contributed by atoms with van der Waals surface area (Å²) < 4.78 is 7.37. The molecule has 0 amide bonds. The minimum absolute atomic E-state index is 0.192. The van der Waals surface area contributed by atoms with Gasteiger partial charge in [0.1, 0.15) is 18.7 Å². The molecular weight excluding hydrogens is 266 g/mol. The van der Waals surface area contributed by atoms with Gasteiger partial charge in [0.15, 0.2) is 12.1 Å². The summed E-state index contributed by atoms with van der Waals surface area (Å²) in [4.78, 5) is 15.1. The van der Waals surface area contributed by atoms with Crippen molar-refractivity contribution in [1.82, 2.24) is 14.8 Å². The molecule has 0 aliphatic heterocycles. The lowest BCUT2D eigenvalue weighted by Crippen LogP contribution is -2.11. The third-order valence-corrected chi connectivity index (χ3v) is 2.90. The Balaban J connectivity index is 2.19. The minimum atomic E-state index is 0.192. The molecule has 0 bridgehead atoms. The molecule has 0 spiro atoms. The molecule has 1 aromatic heterocycles. The van der Waals surface area contributed by atoms with Gasteiger partial charge in [-0.2, -0.15) is 5.10 Å². The molecule has 0 N–H and O–H groups in total. The number of aromatic nitrogens is 3. The minimum Gasteiger partial charge on any atom is -0.483 e. The van der Waals surface area contributed by atoms with Crippen molar-refractivity contribution < 1.29 is 9.53 Å². The Kier molecular flexibility index (Phi) is 4.16. The molecule has 0 radical (unpaired) electrons. The summed E-state index contributed by atoms with van der Waals surface area (Å²) in [5.41, 5.74) is 0.420. The average Bonchev–Trinajstić information content (AvgIpc) is 2.85. The van der Waals surface area contributed by atoms with E-state index in [1.165, 1.54) is 6.33 Å². The number of carbonyl (C=O) groups is 1. The Hall–Kier alpha value is -1.88. The largest absolute Gasteiger partial charge is 0.483 e. The molecule has 0 aliphatic rings. The Bertz CT molecular complexity index is 581. The predicted octanol–water partition coefficient (Wildman–Crippen LogP) is 2.90. The number of ether oxygens (including phenoxy) is 1. The predicted molar refractivity (Wildman–Crippen MR) is 71.6 cm³/mol. The van der Waals surface area contributed by atoms with E-state index in [9.17, 15) is 4.79 Å². The monoisotopic (exact) mass is 279 g/mol. The van der Waals surface area contributed by atoms with Gasteiger partial charge in [-0.15, -0.1) is 0 Å². The van der Waals surface area contributed by atoms with Gasteiger partial charge in [0, 0.05) is 6.04 Å². The van der Waals surface area contributed by atoms with Gasteiger partial charge in [-0.25, -0.2) is 9.67 Å². The zero-order valence-corrected chi connectivity index (χ0v) is 11.5. The molecule has 0 aliphatic carbocycles. The SMILES string of the molecule is CC(C)n1ncnc1COc1c(Cl)cccc1C=O. The second-order valence-electron chi connectivity index (χ2n) is 4.28. The Morgan fingerprint density at radius 3 is 2.95 bits per heavy atom. The first-order chi connectivity index (χ1) is 9.13. The number of nitrogens with zero attached hydrogens (tertiary/aromatic N) is 3. The number of hydrogen-bond acceptors (Lipinski definition) is 4. The number of rotatable bonds is 5. The van der Waals surface area contributed by atoms with E-state index in [1.54, 1.807) is 22.9 Å². The normalized spacial score (nSPS) is 10.7. The lowest BCUT2D eigenvalue weighted by Gasteiger charge is -2.12. The Morgan fingerprint density at radius 1 is 1.47 bits per heavy atom. The maximum absolute atomic E-state index is 10.9. The van der Waals surface area contributed by atoms with Crippen molar-refractivity contribution >= 4 is 17.9 Å². The number of benzene rings is 1. The van der Waals surface area contributed by atoms with Crippen molar-refractivity contribution in [2.45, 2.75) is 26.5 Å². The standard InChI is InChI=1S/C13H14ClN3O2/c1-9(2)17-12(15-8-16-17)7-19-13-10(6-18)4-3-5-11(13)14/h3-6,8-9H,7H2,1-2H3. The van der Waals surface area contributed by atoms with Gasteiger partial charge in [0.25, 0.3) is 0 Å². The maximum Gasteiger partial charge on any atom is 0.165 e. The molecule has 0 saturated carbocycles. The third-order valence-electron chi connectivity index (χ3n) is 2.61. The maximum atomic E-state index is 10.9. The van der Waals surface area contributed by atoms with Crippen LogP contribution in [0.2, 0.25) is 5.02 Å². The van der Waals surface area contributed by atoms with Crippen LogP contribution >= 0.6 is 11.6 Å². The third kappa shape index (κ3) is 2.93. The van der Waals surface area contributed by atoms with Crippen LogP contribution < -0.4 is 4.74 Å². The summed E-state index contributed by atoms with van der Waals surface area (Å²) in [7, 11) is 0. The molecule has 0 atom stereocenters. The molecule has 19 heavy (non-hydrogen) atoms. The molecule has 0 unspecified atom stereocenters. The highest BCUT2D eigenvalue weighted by atomic mass is 35.5. The number of carbonyl (C=O) groups excluding carboxylic acids is 1. The molecule has 2 rings (SSSR count). The van der Waals surface area contributed by atoms with Gasteiger partial charge < -0.3 is 4.74 Å². The van der Waals surface area contributed by atoms with Crippen molar-refractivity contribution in [1.29, 1.82) is 0 Å². The van der Waals surface area contributed by atoms with Gasteiger partial charge in [0.2, 0.25) is 0 Å². The number of hydrogen-bond donors (Lipinski definition) is 0. The van der Waals surface area contributed by atoms with Crippen molar-refractivity contribution in [3.63, 3.8) is 0 Å². The van der Waals surface area contributed by atoms with Crippen LogP contribution in [0.3, 0.4) is 0 Å². The van der Waals surface area contributed by atoms with E-state index in [4.69, 9.17) is 16.3 Å². The van der Waals surface area contributed by atoms with Crippen LogP contribution in [0, 0.1) is 0 Å². The molecule has 5 nitrogen and oxygen atoms in total. The van der Waals surface area contributed by atoms with Crippen molar-refractivity contribution in [3.8, 4) is 5.75 Å². The van der Waals surface area contributed by atoms with Crippen LogP contribution in [-0.2, 0) is 6.61 Å². The van der Waals surface area contributed by atoms with E-state index in [-0.39, 0.29) is 12.6 Å². The molecule has 6 heteroatoms. The van der Waals surface area contributed by atoms with Gasteiger partial charge in [-0.1, -0.05) is 17.7 Å². The van der Waals surface area contributed by atoms with Gasteiger partial charge >= 0.3 is 0 Å². The highest BCUT2D eigenvalue weighted by Crippen LogP contribution is 2.28. The van der Waals surface area contributed by atoms with Gasteiger partial charge in [-0.3, -0.25) is 4.79 Å². The highest BCUT2D eigenvalue weighted by Gasteiger charge is 2.12. The zero-order chi connectivity index (χ0) is 13.8. The van der Waals surface area contributed by atoms with E-state index in [0.29, 0.717) is 28.4 Å². The average molecular weight is 280 g/mol. The van der Waals surface area contributed by atoms with Crippen LogP contribution in [0.5, 0.6) is 5.75 Å². The molecule has 1 aromatic carbocycles. The Morgan fingerprint density at radius 2 is 2.26 bits per heavy atom. The summed E-state index contributed by atoms with van der Waals surface area (Å²) in [6.45, 7) is 4.22.